The molecule has 0 aliphatic carbocycles. The standard InChI is InChI=1S/C11H8F2N2O2.ClH/c12-11(13)6-17-10(16)15-9(11)8-3-1-2-7(4-8)5-14;/h1-4,9H,6H2,(H,15,16);1H/t9-;/m1./s1. The first-order chi connectivity index (χ1) is 8.03. The average molecular weight is 275 g/mol. The Bertz CT molecular complexity index is 502. The van der Waals surface area contributed by atoms with Gasteiger partial charge in [0.25, 0.3) is 0 Å². The highest BCUT2D eigenvalue weighted by atomic mass is 35.5. The van der Waals surface area contributed by atoms with Gasteiger partial charge in [-0.1, -0.05) is 12.1 Å². The molecular formula is C11H9ClF2N2O2. The monoisotopic (exact) mass is 274 g/mol. The first kappa shape index (κ1) is 14.2. The molecule has 0 saturated carbocycles. The molecule has 1 aliphatic rings. The number of halogens is 3. The van der Waals surface area contributed by atoms with Gasteiger partial charge in [0.1, 0.15) is 6.04 Å². The Kier molecular flexibility index (Phi) is 4.09. The molecule has 0 bridgehead atoms. The van der Waals surface area contributed by atoms with Crippen molar-refractivity contribution in [3.63, 3.8) is 0 Å². The van der Waals surface area contributed by atoms with Crippen LogP contribution in [0.1, 0.15) is 17.2 Å². The maximum absolute atomic E-state index is 13.5. The number of nitrogens with one attached hydrogen (secondary N) is 1. The second-order valence-electron chi connectivity index (χ2n) is 3.65. The van der Waals surface area contributed by atoms with Crippen molar-refractivity contribution >= 4 is 18.5 Å². The molecule has 4 nitrogen and oxygen atoms in total. The lowest BCUT2D eigenvalue weighted by atomic mass is 9.98. The first-order valence-electron chi connectivity index (χ1n) is 4.84. The number of nitriles is 1. The van der Waals surface area contributed by atoms with E-state index in [1.54, 1.807) is 0 Å². The third-order valence-corrected chi connectivity index (χ3v) is 2.43. The number of hydrogen-bond acceptors (Lipinski definition) is 3. The molecule has 1 fully saturated rings. The van der Waals surface area contributed by atoms with Gasteiger partial charge in [0.15, 0.2) is 6.61 Å². The summed E-state index contributed by atoms with van der Waals surface area (Å²) in [5, 5.41) is 10.7. The minimum Gasteiger partial charge on any atom is -0.443 e. The van der Waals surface area contributed by atoms with Gasteiger partial charge in [-0.25, -0.2) is 13.6 Å². The molecule has 1 heterocycles. The van der Waals surface area contributed by atoms with Crippen molar-refractivity contribution in [2.24, 2.45) is 0 Å². The number of alkyl carbamates (subject to hydrolysis) is 1. The van der Waals surface area contributed by atoms with Crippen LogP contribution in [0.3, 0.4) is 0 Å². The number of carbonyl (C=O) groups excluding carboxylic acids is 1. The van der Waals surface area contributed by atoms with E-state index in [0.29, 0.717) is 0 Å². The zero-order chi connectivity index (χ0) is 12.5. The van der Waals surface area contributed by atoms with Gasteiger partial charge < -0.3 is 10.1 Å². The molecule has 7 heteroatoms. The number of nitrogens with zero attached hydrogens (tertiary/aromatic N) is 1. The van der Waals surface area contributed by atoms with Crippen molar-refractivity contribution in [3.05, 3.63) is 35.4 Å². The molecule has 96 valence electrons. The number of benzene rings is 1. The van der Waals surface area contributed by atoms with Crippen molar-refractivity contribution in [2.75, 3.05) is 6.61 Å². The molecule has 1 amide bonds. The minimum absolute atomic E-state index is 0. The lowest BCUT2D eigenvalue weighted by Crippen LogP contribution is -2.49. The Balaban J connectivity index is 0.00000162. The Labute approximate surface area is 108 Å². The summed E-state index contributed by atoms with van der Waals surface area (Å²) in [5.74, 6) is -3.19. The van der Waals surface area contributed by atoms with Gasteiger partial charge in [0.2, 0.25) is 0 Å². The van der Waals surface area contributed by atoms with E-state index in [-0.39, 0.29) is 23.5 Å². The number of carbonyl (C=O) groups is 1. The summed E-state index contributed by atoms with van der Waals surface area (Å²) in [7, 11) is 0. The minimum atomic E-state index is -3.19. The third kappa shape index (κ3) is 2.68. The van der Waals surface area contributed by atoms with Crippen LogP contribution in [0.25, 0.3) is 0 Å². The number of alkyl halides is 2. The van der Waals surface area contributed by atoms with Gasteiger partial charge in [-0.15, -0.1) is 12.4 Å². The Morgan fingerprint density at radius 2 is 2.22 bits per heavy atom. The third-order valence-electron chi connectivity index (χ3n) is 2.43. The molecule has 0 aromatic heterocycles. The van der Waals surface area contributed by atoms with E-state index in [1.165, 1.54) is 24.3 Å². The highest BCUT2D eigenvalue weighted by Crippen LogP contribution is 2.34. The molecule has 1 aliphatic heterocycles. The van der Waals surface area contributed by atoms with Gasteiger partial charge in [-0.3, -0.25) is 0 Å². The van der Waals surface area contributed by atoms with E-state index in [4.69, 9.17) is 5.26 Å². The fraction of sp³-hybridized carbons (Fsp3) is 0.273. The summed E-state index contributed by atoms with van der Waals surface area (Å²) < 4.78 is 31.3. The smallest absolute Gasteiger partial charge is 0.408 e. The molecule has 1 atom stereocenters. The second-order valence-corrected chi connectivity index (χ2v) is 3.65. The highest BCUT2D eigenvalue weighted by Gasteiger charge is 2.46. The summed E-state index contributed by atoms with van der Waals surface area (Å²) in [6.45, 7) is -0.958. The van der Waals surface area contributed by atoms with Crippen LogP contribution in [0.5, 0.6) is 0 Å². The van der Waals surface area contributed by atoms with E-state index in [2.05, 4.69) is 10.1 Å². The maximum atomic E-state index is 13.5. The summed E-state index contributed by atoms with van der Waals surface area (Å²) in [6.07, 6.45) is -0.886. The summed E-state index contributed by atoms with van der Waals surface area (Å²) in [4.78, 5) is 11.0. The van der Waals surface area contributed by atoms with Crippen LogP contribution in [0.15, 0.2) is 24.3 Å². The normalized spacial score (nSPS) is 20.9. The molecule has 0 spiro atoms. The molecule has 18 heavy (non-hydrogen) atoms. The van der Waals surface area contributed by atoms with Crippen LogP contribution < -0.4 is 5.32 Å². The largest absolute Gasteiger partial charge is 0.443 e. The van der Waals surface area contributed by atoms with E-state index < -0.39 is 24.7 Å². The van der Waals surface area contributed by atoms with Gasteiger partial charge >= 0.3 is 12.0 Å². The predicted molar refractivity (Wildman–Crippen MR) is 60.6 cm³/mol. The molecule has 0 unspecified atom stereocenters. The number of ether oxygens (including phenoxy) is 1. The van der Waals surface area contributed by atoms with Crippen molar-refractivity contribution in [2.45, 2.75) is 12.0 Å². The van der Waals surface area contributed by atoms with Gasteiger partial charge in [-0.2, -0.15) is 5.26 Å². The Morgan fingerprint density at radius 3 is 2.89 bits per heavy atom. The molecule has 2 rings (SSSR count). The number of hydrogen-bond donors (Lipinski definition) is 1. The van der Waals surface area contributed by atoms with Crippen LogP contribution in [-0.2, 0) is 4.74 Å². The van der Waals surface area contributed by atoms with E-state index >= 15 is 0 Å². The van der Waals surface area contributed by atoms with Crippen LogP contribution in [-0.4, -0.2) is 18.6 Å². The average Bonchev–Trinajstić information content (AvgIpc) is 2.32. The molecule has 0 radical (unpaired) electrons. The van der Waals surface area contributed by atoms with Crippen molar-refractivity contribution in [1.82, 2.24) is 5.32 Å². The number of cyclic esters (lactones) is 1. The quantitative estimate of drug-likeness (QED) is 0.855. The molecule has 1 N–H and O–H groups in total. The van der Waals surface area contributed by atoms with E-state index in [1.807, 2.05) is 6.07 Å². The first-order valence-corrected chi connectivity index (χ1v) is 4.84. The van der Waals surface area contributed by atoms with Gasteiger partial charge in [-0.05, 0) is 17.7 Å². The molecular weight excluding hydrogens is 266 g/mol. The van der Waals surface area contributed by atoms with Crippen LogP contribution in [0, 0.1) is 11.3 Å². The summed E-state index contributed by atoms with van der Waals surface area (Å²) in [6, 6.07) is 6.15. The predicted octanol–water partition coefficient (Wildman–Crippen LogP) is 2.40. The fourth-order valence-corrected chi connectivity index (χ4v) is 1.63. The summed E-state index contributed by atoms with van der Waals surface area (Å²) in [5.41, 5.74) is 0.449. The zero-order valence-electron chi connectivity index (χ0n) is 9.02. The lowest BCUT2D eigenvalue weighted by molar-refractivity contribution is -0.104. The number of amides is 1. The van der Waals surface area contributed by atoms with Gasteiger partial charge in [0.05, 0.1) is 11.6 Å². The SMILES string of the molecule is Cl.N#Cc1cccc([C@H]2NC(=O)OCC2(F)F)c1. The number of rotatable bonds is 1. The fourth-order valence-electron chi connectivity index (χ4n) is 1.63. The van der Waals surface area contributed by atoms with Crippen LogP contribution >= 0.6 is 12.4 Å². The Morgan fingerprint density at radius 1 is 1.50 bits per heavy atom. The second kappa shape index (κ2) is 5.19. The maximum Gasteiger partial charge on any atom is 0.408 e. The zero-order valence-corrected chi connectivity index (χ0v) is 9.84. The van der Waals surface area contributed by atoms with Gasteiger partial charge in [0, 0.05) is 0 Å². The summed E-state index contributed by atoms with van der Waals surface area (Å²) >= 11 is 0. The van der Waals surface area contributed by atoms with Crippen LogP contribution in [0.2, 0.25) is 0 Å². The molecule has 1 saturated heterocycles. The van der Waals surface area contributed by atoms with Crippen molar-refractivity contribution in [3.8, 4) is 6.07 Å². The topological polar surface area (TPSA) is 62.1 Å². The van der Waals surface area contributed by atoms with E-state index in [9.17, 15) is 13.6 Å². The van der Waals surface area contributed by atoms with Crippen molar-refractivity contribution in [1.29, 1.82) is 5.26 Å². The molecule has 1 aromatic carbocycles. The lowest BCUT2D eigenvalue weighted by Gasteiger charge is -2.31. The van der Waals surface area contributed by atoms with Crippen LogP contribution in [0.4, 0.5) is 13.6 Å². The Hall–Kier alpha value is -1.87. The van der Waals surface area contributed by atoms with E-state index in [0.717, 1.165) is 0 Å². The molecule has 1 aromatic rings. The van der Waals surface area contributed by atoms with Crippen molar-refractivity contribution < 1.29 is 18.3 Å². The highest BCUT2D eigenvalue weighted by molar-refractivity contribution is 5.85.